The first-order chi connectivity index (χ1) is 30.8. The molecule has 8 rings (SSSR count). The van der Waals surface area contributed by atoms with Crippen LogP contribution in [0, 0.1) is 34.5 Å². The number of ether oxygens (including phenoxy) is 2. The van der Waals surface area contributed by atoms with Gasteiger partial charge in [-0.05, 0) is 36.1 Å². The van der Waals surface area contributed by atoms with E-state index in [2.05, 4.69) is 30.8 Å². The lowest BCUT2D eigenvalue weighted by Gasteiger charge is -2.20. The Balaban J connectivity index is 0.000000191. The fraction of sp³-hybridized carbons (Fsp3) is 0.318. The molecule has 4 atom stereocenters. The predicted molar refractivity (Wildman–Crippen MR) is 234 cm³/mol. The molecule has 0 bridgehead atoms. The molecule has 0 saturated carbocycles. The van der Waals surface area contributed by atoms with Crippen LogP contribution in [0.15, 0.2) is 73.6 Å². The van der Waals surface area contributed by atoms with Crippen LogP contribution in [0.4, 0.5) is 11.4 Å². The molecular formula is C44H46N14O6. The number of carbonyl (C=O) groups is 4. The van der Waals surface area contributed by atoms with Crippen molar-refractivity contribution in [3.05, 3.63) is 84.7 Å². The van der Waals surface area contributed by atoms with Gasteiger partial charge < -0.3 is 41.4 Å². The Morgan fingerprint density at radius 2 is 1.06 bits per heavy atom. The lowest BCUT2D eigenvalue weighted by molar-refractivity contribution is -0.130. The average molecular weight is 867 g/mol. The number of methoxy groups -OCH3 is 2. The number of amides is 4. The monoisotopic (exact) mass is 866 g/mol. The van der Waals surface area contributed by atoms with Crippen molar-refractivity contribution in [3.8, 4) is 46.2 Å². The molecule has 0 radical (unpaired) electrons. The van der Waals surface area contributed by atoms with E-state index in [4.69, 9.17) is 31.5 Å². The van der Waals surface area contributed by atoms with Crippen LogP contribution in [0.25, 0.3) is 33.3 Å². The van der Waals surface area contributed by atoms with E-state index >= 15 is 0 Å². The van der Waals surface area contributed by atoms with Crippen molar-refractivity contribution in [3.63, 3.8) is 0 Å². The first-order valence-corrected chi connectivity index (χ1v) is 20.3. The molecule has 0 unspecified atom stereocenters. The molecule has 2 fully saturated rings. The number of aromatic nitrogens is 6. The highest BCUT2D eigenvalue weighted by atomic mass is 16.5. The molecule has 0 spiro atoms. The molecule has 20 nitrogen and oxygen atoms in total. The third-order valence-electron chi connectivity index (χ3n) is 11.4. The van der Waals surface area contributed by atoms with Crippen LogP contribution >= 0.6 is 0 Å². The van der Waals surface area contributed by atoms with Gasteiger partial charge in [-0.15, -0.1) is 0 Å². The first kappa shape index (κ1) is 43.8. The second kappa shape index (κ2) is 18.8. The summed E-state index contributed by atoms with van der Waals surface area (Å²) >= 11 is 0. The topological polar surface area (TPSA) is 277 Å². The number of fused-ring (bicyclic) bond motifs is 2. The Labute approximate surface area is 367 Å². The Bertz CT molecular complexity index is 2620. The summed E-state index contributed by atoms with van der Waals surface area (Å²) < 4.78 is 13.6. The Kier molecular flexibility index (Phi) is 12.9. The van der Waals surface area contributed by atoms with Crippen molar-refractivity contribution in [1.82, 2.24) is 39.0 Å². The summed E-state index contributed by atoms with van der Waals surface area (Å²) in [7, 11) is 3.11. The number of hydrogen-bond donors (Lipinski definition) is 4. The van der Waals surface area contributed by atoms with Crippen LogP contribution in [-0.4, -0.2) is 115 Å². The molecule has 2 saturated heterocycles. The van der Waals surface area contributed by atoms with Gasteiger partial charge in [-0.3, -0.25) is 19.2 Å². The summed E-state index contributed by atoms with van der Waals surface area (Å²) in [6, 6.07) is 14.7. The van der Waals surface area contributed by atoms with Gasteiger partial charge in [0.05, 0.1) is 72.3 Å². The number of nitrogens with two attached hydrogens (primary N) is 2. The lowest BCUT2D eigenvalue weighted by atomic mass is 10.1. The van der Waals surface area contributed by atoms with Gasteiger partial charge in [0.15, 0.2) is 0 Å². The predicted octanol–water partition coefficient (Wildman–Crippen LogP) is 3.35. The number of nitrogens with one attached hydrogen (secondary N) is 2. The largest absolute Gasteiger partial charge is 0.481 e. The van der Waals surface area contributed by atoms with Crippen LogP contribution in [-0.2, 0) is 9.59 Å². The van der Waals surface area contributed by atoms with Crippen molar-refractivity contribution in [1.29, 1.82) is 10.5 Å². The molecule has 6 aromatic rings. The van der Waals surface area contributed by atoms with Crippen molar-refractivity contribution in [2.45, 2.75) is 38.8 Å². The minimum atomic E-state index is -0.598. The zero-order valence-corrected chi connectivity index (χ0v) is 35.6. The molecule has 8 heterocycles. The SMILES string of the molecule is COc1ccc(-c2cc3c(N[C@@H]4CN(C(=O)CC#N)C[C@@H]4C)c(C(N)=O)cnn3c2)cn1.COc1ccc(-c2cc3c(N[C@H]4CN(C(=O)CC#N)C[C@H]4C)c(C(N)=O)cnn3c2)cn1. The summed E-state index contributed by atoms with van der Waals surface area (Å²) in [5.74, 6) is -0.330. The normalized spacial score (nSPS) is 17.8. The zero-order chi connectivity index (χ0) is 45.7. The summed E-state index contributed by atoms with van der Waals surface area (Å²) in [6.45, 7) is 5.98. The van der Waals surface area contributed by atoms with Gasteiger partial charge in [-0.1, -0.05) is 13.8 Å². The molecule has 0 aliphatic carbocycles. The molecule has 20 heteroatoms. The van der Waals surface area contributed by atoms with Crippen LogP contribution in [0.2, 0.25) is 0 Å². The maximum absolute atomic E-state index is 12.2. The number of nitrogens with zero attached hydrogens (tertiary/aromatic N) is 10. The maximum Gasteiger partial charge on any atom is 0.252 e. The van der Waals surface area contributed by atoms with Gasteiger partial charge in [0, 0.05) is 97.4 Å². The number of pyridine rings is 2. The van der Waals surface area contributed by atoms with E-state index in [9.17, 15) is 19.2 Å². The summed E-state index contributed by atoms with van der Waals surface area (Å²) in [5, 5.41) is 33.1. The van der Waals surface area contributed by atoms with E-state index in [0.717, 1.165) is 22.3 Å². The van der Waals surface area contributed by atoms with Crippen molar-refractivity contribution < 1.29 is 28.7 Å². The Morgan fingerprint density at radius 3 is 1.39 bits per heavy atom. The Morgan fingerprint density at radius 1 is 0.656 bits per heavy atom. The number of hydrogen-bond acceptors (Lipinski definition) is 14. The molecule has 2 aliphatic rings. The van der Waals surface area contributed by atoms with E-state index < -0.39 is 11.8 Å². The third kappa shape index (κ3) is 9.16. The third-order valence-corrected chi connectivity index (χ3v) is 11.4. The lowest BCUT2D eigenvalue weighted by Crippen LogP contribution is -2.32. The van der Waals surface area contributed by atoms with E-state index in [0.29, 0.717) is 60.3 Å². The van der Waals surface area contributed by atoms with E-state index in [1.54, 1.807) is 57.6 Å². The van der Waals surface area contributed by atoms with Gasteiger partial charge in [-0.2, -0.15) is 20.7 Å². The molecule has 328 valence electrons. The number of carbonyl (C=O) groups excluding carboxylic acids is 4. The van der Waals surface area contributed by atoms with Crippen LogP contribution in [0.5, 0.6) is 11.8 Å². The minimum absolute atomic E-state index is 0.108. The van der Waals surface area contributed by atoms with Crippen molar-refractivity contribution in [2.24, 2.45) is 23.3 Å². The van der Waals surface area contributed by atoms with Crippen LogP contribution < -0.4 is 31.6 Å². The molecular weight excluding hydrogens is 821 g/mol. The number of anilines is 2. The molecule has 4 amide bonds. The number of nitriles is 2. The molecule has 0 aromatic carbocycles. The Hall–Kier alpha value is -8.26. The van der Waals surface area contributed by atoms with E-state index in [1.165, 1.54) is 12.4 Å². The van der Waals surface area contributed by atoms with E-state index in [1.807, 2.05) is 62.6 Å². The highest BCUT2D eigenvalue weighted by molar-refractivity contribution is 6.03. The van der Waals surface area contributed by atoms with Crippen LogP contribution in [0.3, 0.4) is 0 Å². The highest BCUT2D eigenvalue weighted by Crippen LogP contribution is 2.33. The number of primary amides is 2. The second-order valence-corrected chi connectivity index (χ2v) is 15.6. The molecule has 6 N–H and O–H groups in total. The number of rotatable bonds is 12. The highest BCUT2D eigenvalue weighted by Gasteiger charge is 2.35. The number of likely N-dealkylation sites (tertiary alicyclic amines) is 2. The summed E-state index contributed by atoms with van der Waals surface area (Å²) in [4.78, 5) is 60.4. The summed E-state index contributed by atoms with van der Waals surface area (Å²) in [6.07, 6.45) is 9.66. The van der Waals surface area contributed by atoms with Gasteiger partial charge in [-0.25, -0.2) is 19.0 Å². The fourth-order valence-electron chi connectivity index (χ4n) is 7.90. The minimum Gasteiger partial charge on any atom is -0.481 e. The van der Waals surface area contributed by atoms with Gasteiger partial charge >= 0.3 is 0 Å². The second-order valence-electron chi connectivity index (χ2n) is 15.6. The molecule has 6 aromatic heterocycles. The van der Waals surface area contributed by atoms with Gasteiger partial charge in [0.25, 0.3) is 11.8 Å². The fourth-order valence-corrected chi connectivity index (χ4v) is 7.90. The maximum atomic E-state index is 12.2. The van der Waals surface area contributed by atoms with Crippen molar-refractivity contribution >= 4 is 46.0 Å². The van der Waals surface area contributed by atoms with E-state index in [-0.39, 0.29) is 59.7 Å². The average Bonchev–Trinajstić information content (AvgIpc) is 4.10. The smallest absolute Gasteiger partial charge is 0.252 e. The molecule has 2 aliphatic heterocycles. The first-order valence-electron chi connectivity index (χ1n) is 20.3. The summed E-state index contributed by atoms with van der Waals surface area (Å²) in [5.41, 5.74) is 17.7. The zero-order valence-electron chi connectivity index (χ0n) is 35.6. The van der Waals surface area contributed by atoms with Crippen molar-refractivity contribution in [2.75, 3.05) is 51.0 Å². The quantitative estimate of drug-likeness (QED) is 0.137. The van der Waals surface area contributed by atoms with Crippen LogP contribution in [0.1, 0.15) is 47.4 Å². The van der Waals surface area contributed by atoms with Gasteiger partial charge in [0.2, 0.25) is 23.6 Å². The molecule has 64 heavy (non-hydrogen) atoms. The standard InChI is InChI=1S/2C22H23N7O3/c2*1-13-10-28(20(30)5-6-23)12-17(13)27-21-16(22(24)31)9-26-29-11-15(7-18(21)29)14-3-4-19(32-2)25-8-14/h2*3-4,7-9,11,13,17,27H,5,10,12H2,1-2H3,(H2,24,31)/t2*13-,17+/m10/s1. The van der Waals surface area contributed by atoms with Gasteiger partial charge in [0.1, 0.15) is 12.8 Å².